The SMILES string of the molecule is COc1ccc(CNCCCC(C)C)cc1OCc1cccnc1. The maximum Gasteiger partial charge on any atom is 0.161 e. The standard InChI is InChI=1S/C20H28N2O2/c1-16(2)6-4-10-21-13-17-8-9-19(23-3)20(12-17)24-15-18-7-5-11-22-14-18/h5,7-9,11-12,14,16,21H,4,6,10,13,15H2,1-3H3. The molecule has 0 saturated heterocycles. The van der Waals surface area contributed by atoms with E-state index in [1.165, 1.54) is 18.4 Å². The van der Waals surface area contributed by atoms with Crippen LogP contribution >= 0.6 is 0 Å². The molecule has 0 aliphatic carbocycles. The summed E-state index contributed by atoms with van der Waals surface area (Å²) >= 11 is 0. The van der Waals surface area contributed by atoms with Gasteiger partial charge in [0.1, 0.15) is 6.61 Å². The first-order chi connectivity index (χ1) is 11.7. The van der Waals surface area contributed by atoms with Crippen LogP contribution in [0.3, 0.4) is 0 Å². The van der Waals surface area contributed by atoms with E-state index in [9.17, 15) is 0 Å². The molecule has 0 unspecified atom stereocenters. The second-order valence-electron chi connectivity index (χ2n) is 6.35. The van der Waals surface area contributed by atoms with Crippen LogP contribution in [-0.2, 0) is 13.2 Å². The van der Waals surface area contributed by atoms with Crippen LogP contribution in [0.15, 0.2) is 42.7 Å². The minimum absolute atomic E-state index is 0.482. The average Bonchev–Trinajstić information content (AvgIpc) is 2.60. The smallest absolute Gasteiger partial charge is 0.161 e. The molecule has 130 valence electrons. The minimum Gasteiger partial charge on any atom is -0.493 e. The number of hydrogen-bond acceptors (Lipinski definition) is 4. The van der Waals surface area contributed by atoms with Crippen LogP contribution in [-0.4, -0.2) is 18.6 Å². The maximum absolute atomic E-state index is 5.92. The summed E-state index contributed by atoms with van der Waals surface area (Å²) in [7, 11) is 1.66. The lowest BCUT2D eigenvalue weighted by atomic mass is 10.1. The average molecular weight is 328 g/mol. The predicted octanol–water partition coefficient (Wildman–Crippen LogP) is 4.20. The fourth-order valence-corrected chi connectivity index (χ4v) is 2.46. The van der Waals surface area contributed by atoms with Gasteiger partial charge in [-0.2, -0.15) is 0 Å². The molecule has 1 aromatic heterocycles. The number of hydrogen-bond donors (Lipinski definition) is 1. The van der Waals surface area contributed by atoms with E-state index in [-0.39, 0.29) is 0 Å². The molecule has 0 spiro atoms. The summed E-state index contributed by atoms with van der Waals surface area (Å²) in [6.45, 7) is 6.88. The van der Waals surface area contributed by atoms with E-state index in [2.05, 4.69) is 30.2 Å². The lowest BCUT2D eigenvalue weighted by Crippen LogP contribution is -2.15. The van der Waals surface area contributed by atoms with Gasteiger partial charge in [0.15, 0.2) is 11.5 Å². The Labute approximate surface area is 145 Å². The zero-order valence-electron chi connectivity index (χ0n) is 14.9. The fraction of sp³-hybridized carbons (Fsp3) is 0.450. The molecule has 0 bridgehead atoms. The molecule has 0 amide bonds. The van der Waals surface area contributed by atoms with Crippen molar-refractivity contribution in [3.8, 4) is 11.5 Å². The lowest BCUT2D eigenvalue weighted by molar-refractivity contribution is 0.283. The Kier molecular flexibility index (Phi) is 7.56. The van der Waals surface area contributed by atoms with Crippen molar-refractivity contribution in [2.45, 2.75) is 39.8 Å². The summed E-state index contributed by atoms with van der Waals surface area (Å²) in [5, 5.41) is 3.49. The Balaban J connectivity index is 1.89. The van der Waals surface area contributed by atoms with E-state index in [1.54, 1.807) is 13.3 Å². The molecule has 0 aliphatic rings. The van der Waals surface area contributed by atoms with Crippen LogP contribution in [0.1, 0.15) is 37.8 Å². The summed E-state index contributed by atoms with van der Waals surface area (Å²) in [6.07, 6.45) is 6.04. The van der Waals surface area contributed by atoms with Crippen molar-refractivity contribution < 1.29 is 9.47 Å². The molecule has 0 fully saturated rings. The summed E-state index contributed by atoms with van der Waals surface area (Å²) < 4.78 is 11.3. The van der Waals surface area contributed by atoms with Gasteiger partial charge in [0, 0.05) is 24.5 Å². The third-order valence-corrected chi connectivity index (χ3v) is 3.81. The van der Waals surface area contributed by atoms with Gasteiger partial charge >= 0.3 is 0 Å². The number of rotatable bonds is 10. The summed E-state index contributed by atoms with van der Waals surface area (Å²) in [5.41, 5.74) is 2.23. The molecule has 0 aliphatic heterocycles. The number of ether oxygens (including phenoxy) is 2. The van der Waals surface area contributed by atoms with Crippen molar-refractivity contribution in [2.24, 2.45) is 5.92 Å². The molecule has 24 heavy (non-hydrogen) atoms. The number of benzene rings is 1. The minimum atomic E-state index is 0.482. The molecule has 0 saturated carbocycles. The molecule has 1 N–H and O–H groups in total. The second kappa shape index (κ2) is 9.93. The monoisotopic (exact) mass is 328 g/mol. The predicted molar refractivity (Wildman–Crippen MR) is 97.3 cm³/mol. The molecule has 1 heterocycles. The summed E-state index contributed by atoms with van der Waals surface area (Å²) in [5.74, 6) is 2.28. The first-order valence-electron chi connectivity index (χ1n) is 8.58. The Hall–Kier alpha value is -2.07. The molecule has 0 radical (unpaired) electrons. The van der Waals surface area contributed by atoms with Crippen molar-refractivity contribution in [1.29, 1.82) is 0 Å². The Morgan fingerprint density at radius 2 is 2.00 bits per heavy atom. The molecule has 1 aromatic carbocycles. The Bertz CT molecular complexity index is 600. The highest BCUT2D eigenvalue weighted by Crippen LogP contribution is 2.28. The van der Waals surface area contributed by atoms with Crippen LogP contribution in [0.4, 0.5) is 0 Å². The molecule has 2 aromatic rings. The number of nitrogens with zero attached hydrogens (tertiary/aromatic N) is 1. The fourth-order valence-electron chi connectivity index (χ4n) is 2.46. The van der Waals surface area contributed by atoms with Crippen LogP contribution in [0.5, 0.6) is 11.5 Å². The highest BCUT2D eigenvalue weighted by Gasteiger charge is 2.06. The largest absolute Gasteiger partial charge is 0.493 e. The van der Waals surface area contributed by atoms with E-state index < -0.39 is 0 Å². The van der Waals surface area contributed by atoms with Crippen LogP contribution in [0.2, 0.25) is 0 Å². The third-order valence-electron chi connectivity index (χ3n) is 3.81. The summed E-state index contributed by atoms with van der Waals surface area (Å²) in [4.78, 5) is 4.11. The van der Waals surface area contributed by atoms with Gasteiger partial charge in [-0.15, -0.1) is 0 Å². The zero-order valence-corrected chi connectivity index (χ0v) is 14.9. The topological polar surface area (TPSA) is 43.4 Å². The molecule has 4 nitrogen and oxygen atoms in total. The second-order valence-corrected chi connectivity index (χ2v) is 6.35. The van der Waals surface area contributed by atoms with Crippen LogP contribution < -0.4 is 14.8 Å². The Morgan fingerprint density at radius 3 is 2.71 bits per heavy atom. The van der Waals surface area contributed by atoms with Gasteiger partial charge in [0.25, 0.3) is 0 Å². The van der Waals surface area contributed by atoms with Crippen molar-refractivity contribution in [3.05, 3.63) is 53.9 Å². The van der Waals surface area contributed by atoms with Crippen molar-refractivity contribution in [3.63, 3.8) is 0 Å². The highest BCUT2D eigenvalue weighted by molar-refractivity contribution is 5.43. The van der Waals surface area contributed by atoms with Crippen molar-refractivity contribution in [2.75, 3.05) is 13.7 Å². The van der Waals surface area contributed by atoms with Gasteiger partial charge in [-0.25, -0.2) is 0 Å². The maximum atomic E-state index is 5.92. The van der Waals surface area contributed by atoms with Gasteiger partial charge in [0.2, 0.25) is 0 Å². The molecule has 0 atom stereocenters. The van der Waals surface area contributed by atoms with Gasteiger partial charge in [-0.1, -0.05) is 26.0 Å². The van der Waals surface area contributed by atoms with E-state index >= 15 is 0 Å². The van der Waals surface area contributed by atoms with Gasteiger partial charge in [0.05, 0.1) is 7.11 Å². The number of methoxy groups -OCH3 is 1. The molecule has 4 heteroatoms. The summed E-state index contributed by atoms with van der Waals surface area (Å²) in [6, 6.07) is 9.99. The van der Waals surface area contributed by atoms with E-state index in [1.807, 2.05) is 30.5 Å². The lowest BCUT2D eigenvalue weighted by Gasteiger charge is -2.13. The van der Waals surface area contributed by atoms with E-state index in [0.717, 1.165) is 36.1 Å². The van der Waals surface area contributed by atoms with Crippen LogP contribution in [0, 0.1) is 5.92 Å². The first kappa shape index (κ1) is 18.3. The molecular formula is C20H28N2O2. The quantitative estimate of drug-likeness (QED) is 0.664. The van der Waals surface area contributed by atoms with Gasteiger partial charge in [-0.05, 0) is 49.1 Å². The molecular weight excluding hydrogens is 300 g/mol. The number of nitrogens with one attached hydrogen (secondary N) is 1. The van der Waals surface area contributed by atoms with Crippen molar-refractivity contribution >= 4 is 0 Å². The van der Waals surface area contributed by atoms with Crippen LogP contribution in [0.25, 0.3) is 0 Å². The normalized spacial score (nSPS) is 10.8. The van der Waals surface area contributed by atoms with Crippen molar-refractivity contribution in [1.82, 2.24) is 10.3 Å². The number of aromatic nitrogens is 1. The van der Waals surface area contributed by atoms with Gasteiger partial charge < -0.3 is 14.8 Å². The van der Waals surface area contributed by atoms with E-state index in [4.69, 9.17) is 9.47 Å². The highest BCUT2D eigenvalue weighted by atomic mass is 16.5. The third kappa shape index (κ3) is 6.20. The van der Waals surface area contributed by atoms with Gasteiger partial charge in [-0.3, -0.25) is 4.98 Å². The Morgan fingerprint density at radius 1 is 1.12 bits per heavy atom. The molecule has 2 rings (SSSR count). The number of pyridine rings is 1. The van der Waals surface area contributed by atoms with E-state index in [0.29, 0.717) is 6.61 Å². The zero-order chi connectivity index (χ0) is 17.2. The first-order valence-corrected chi connectivity index (χ1v) is 8.58.